The SMILES string of the molecule is CO/N=C(\C)C[P+](=O)O. The summed E-state index contributed by atoms with van der Waals surface area (Å²) in [5.74, 6) is 0. The van der Waals surface area contributed by atoms with E-state index in [1.165, 1.54) is 7.11 Å². The molecule has 52 valence electrons. The van der Waals surface area contributed by atoms with Crippen molar-refractivity contribution < 1.29 is 14.3 Å². The molecule has 0 aliphatic rings. The molecule has 1 atom stereocenters. The number of nitrogens with zero attached hydrogens (tertiary/aromatic N) is 1. The summed E-state index contributed by atoms with van der Waals surface area (Å²) in [5.41, 5.74) is 0.529. The molecular formula is C4H9NO3P+. The zero-order valence-corrected chi connectivity index (χ0v) is 6.26. The van der Waals surface area contributed by atoms with Gasteiger partial charge in [-0.2, -0.15) is 4.89 Å². The van der Waals surface area contributed by atoms with E-state index in [1.807, 2.05) is 0 Å². The molecule has 0 saturated heterocycles. The minimum absolute atomic E-state index is 0.0865. The van der Waals surface area contributed by atoms with Crippen LogP contribution in [0, 0.1) is 0 Å². The fraction of sp³-hybridized carbons (Fsp3) is 0.750. The lowest BCUT2D eigenvalue weighted by atomic mass is 10.5. The topological polar surface area (TPSA) is 58.9 Å². The molecule has 0 spiro atoms. The van der Waals surface area contributed by atoms with Crippen molar-refractivity contribution in [3.63, 3.8) is 0 Å². The second kappa shape index (κ2) is 4.41. The van der Waals surface area contributed by atoms with E-state index >= 15 is 0 Å². The first-order chi connectivity index (χ1) is 4.16. The van der Waals surface area contributed by atoms with Gasteiger partial charge < -0.3 is 4.84 Å². The predicted molar refractivity (Wildman–Crippen MR) is 34.8 cm³/mol. The lowest BCUT2D eigenvalue weighted by Gasteiger charge is -1.85. The highest BCUT2D eigenvalue weighted by atomic mass is 31.1. The van der Waals surface area contributed by atoms with Gasteiger partial charge in [0.25, 0.3) is 0 Å². The Morgan fingerprint density at radius 2 is 2.44 bits per heavy atom. The van der Waals surface area contributed by atoms with Gasteiger partial charge in [0.2, 0.25) is 6.16 Å². The Balaban J connectivity index is 3.62. The highest BCUT2D eigenvalue weighted by Crippen LogP contribution is 2.11. The van der Waals surface area contributed by atoms with E-state index in [9.17, 15) is 4.57 Å². The van der Waals surface area contributed by atoms with Gasteiger partial charge in [0, 0.05) is 0 Å². The third-order valence-corrected chi connectivity index (χ3v) is 1.34. The maximum absolute atomic E-state index is 10.1. The van der Waals surface area contributed by atoms with Crippen molar-refractivity contribution in [2.24, 2.45) is 5.16 Å². The van der Waals surface area contributed by atoms with E-state index in [1.54, 1.807) is 6.92 Å². The Morgan fingerprint density at radius 3 is 2.78 bits per heavy atom. The zero-order chi connectivity index (χ0) is 7.28. The van der Waals surface area contributed by atoms with Crippen molar-refractivity contribution in [1.82, 2.24) is 0 Å². The summed E-state index contributed by atoms with van der Waals surface area (Å²) in [5, 5.41) is 3.44. The van der Waals surface area contributed by atoms with Crippen LogP contribution in [-0.4, -0.2) is 23.9 Å². The highest BCUT2D eigenvalue weighted by Gasteiger charge is 2.11. The van der Waals surface area contributed by atoms with Crippen molar-refractivity contribution in [3.8, 4) is 0 Å². The van der Waals surface area contributed by atoms with Crippen molar-refractivity contribution in [1.29, 1.82) is 0 Å². The summed E-state index contributed by atoms with van der Waals surface area (Å²) in [6, 6.07) is 0. The summed E-state index contributed by atoms with van der Waals surface area (Å²) in [6.07, 6.45) is 0.0865. The normalized spacial score (nSPS) is 13.2. The first-order valence-corrected chi connectivity index (χ1v) is 3.76. The first-order valence-electron chi connectivity index (χ1n) is 2.37. The van der Waals surface area contributed by atoms with Crippen LogP contribution in [-0.2, 0) is 9.40 Å². The average molecular weight is 150 g/mol. The van der Waals surface area contributed by atoms with Gasteiger partial charge in [0.05, 0.1) is 0 Å². The second-order valence-electron chi connectivity index (χ2n) is 1.52. The van der Waals surface area contributed by atoms with Crippen LogP contribution in [0.5, 0.6) is 0 Å². The minimum Gasteiger partial charge on any atom is -0.399 e. The summed E-state index contributed by atoms with van der Waals surface area (Å²) >= 11 is 0. The molecule has 0 aromatic rings. The molecule has 1 unspecified atom stereocenters. The quantitative estimate of drug-likeness (QED) is 0.366. The Morgan fingerprint density at radius 1 is 1.89 bits per heavy atom. The molecule has 1 N–H and O–H groups in total. The van der Waals surface area contributed by atoms with E-state index in [0.717, 1.165) is 0 Å². The molecule has 0 aromatic heterocycles. The van der Waals surface area contributed by atoms with E-state index in [0.29, 0.717) is 5.71 Å². The molecule has 0 bridgehead atoms. The smallest absolute Gasteiger partial charge is 0.399 e. The Labute approximate surface area is 54.4 Å². The predicted octanol–water partition coefficient (Wildman–Crippen LogP) is 0.743. The molecule has 0 amide bonds. The number of hydrogen-bond donors (Lipinski definition) is 1. The standard InChI is InChI=1S/C4H8NO3P/c1-4(5-8-2)3-9(6)7/h3H2,1-2H3/p+1/b5-4+. The van der Waals surface area contributed by atoms with Gasteiger partial charge in [-0.05, 0) is 11.5 Å². The lowest BCUT2D eigenvalue weighted by molar-refractivity contribution is 0.213. The molecule has 0 rings (SSSR count). The number of oxime groups is 1. The van der Waals surface area contributed by atoms with Crippen LogP contribution in [0.3, 0.4) is 0 Å². The number of rotatable bonds is 3. The molecular weight excluding hydrogens is 141 g/mol. The first kappa shape index (κ1) is 8.53. The lowest BCUT2D eigenvalue weighted by Crippen LogP contribution is -1.94. The van der Waals surface area contributed by atoms with Gasteiger partial charge in [0.1, 0.15) is 12.8 Å². The van der Waals surface area contributed by atoms with E-state index < -0.39 is 8.03 Å². The number of hydrogen-bond acceptors (Lipinski definition) is 3. The van der Waals surface area contributed by atoms with E-state index in [4.69, 9.17) is 4.89 Å². The third-order valence-electron chi connectivity index (χ3n) is 0.611. The summed E-state index contributed by atoms with van der Waals surface area (Å²) in [6.45, 7) is 1.63. The largest absolute Gasteiger partial charge is 0.511 e. The zero-order valence-electron chi connectivity index (χ0n) is 5.37. The highest BCUT2D eigenvalue weighted by molar-refractivity contribution is 7.39. The summed E-state index contributed by atoms with van der Waals surface area (Å²) < 4.78 is 10.1. The Bertz CT molecular complexity index is 134. The van der Waals surface area contributed by atoms with Crippen LogP contribution >= 0.6 is 8.03 Å². The van der Waals surface area contributed by atoms with Crippen LogP contribution in [0.25, 0.3) is 0 Å². The van der Waals surface area contributed by atoms with Crippen LogP contribution in [0.1, 0.15) is 6.92 Å². The molecule has 9 heavy (non-hydrogen) atoms. The molecule has 0 radical (unpaired) electrons. The summed E-state index contributed by atoms with van der Waals surface area (Å²) in [4.78, 5) is 12.7. The molecule has 0 heterocycles. The Hall–Kier alpha value is -0.470. The molecule has 0 aromatic carbocycles. The monoisotopic (exact) mass is 150 g/mol. The maximum Gasteiger partial charge on any atom is 0.511 e. The maximum atomic E-state index is 10.1. The molecule has 5 heteroatoms. The van der Waals surface area contributed by atoms with Crippen LogP contribution in [0.2, 0.25) is 0 Å². The third kappa shape index (κ3) is 5.40. The van der Waals surface area contributed by atoms with Crippen molar-refractivity contribution >= 4 is 13.7 Å². The minimum atomic E-state index is -2.11. The molecule has 0 aliphatic carbocycles. The summed E-state index contributed by atoms with van der Waals surface area (Å²) in [7, 11) is -0.715. The van der Waals surface area contributed by atoms with Gasteiger partial charge >= 0.3 is 8.03 Å². The van der Waals surface area contributed by atoms with Crippen molar-refractivity contribution in [2.45, 2.75) is 6.92 Å². The van der Waals surface area contributed by atoms with Crippen LogP contribution in [0.4, 0.5) is 0 Å². The van der Waals surface area contributed by atoms with Crippen LogP contribution in [0.15, 0.2) is 5.16 Å². The van der Waals surface area contributed by atoms with Gasteiger partial charge in [-0.3, -0.25) is 0 Å². The van der Waals surface area contributed by atoms with Gasteiger partial charge in [-0.1, -0.05) is 5.16 Å². The average Bonchev–Trinajstić information content (AvgIpc) is 1.63. The molecule has 0 saturated carbocycles. The van der Waals surface area contributed by atoms with Crippen LogP contribution < -0.4 is 0 Å². The van der Waals surface area contributed by atoms with Gasteiger partial charge in [-0.25, -0.2) is 0 Å². The van der Waals surface area contributed by atoms with Crippen molar-refractivity contribution in [3.05, 3.63) is 0 Å². The Kier molecular flexibility index (Phi) is 4.18. The van der Waals surface area contributed by atoms with Crippen molar-refractivity contribution in [2.75, 3.05) is 13.3 Å². The van der Waals surface area contributed by atoms with E-state index in [2.05, 4.69) is 9.99 Å². The molecule has 0 aliphatic heterocycles. The molecule has 4 nitrogen and oxygen atoms in total. The fourth-order valence-corrected chi connectivity index (χ4v) is 0.830. The van der Waals surface area contributed by atoms with Gasteiger partial charge in [-0.15, -0.1) is 0 Å². The van der Waals surface area contributed by atoms with Gasteiger partial charge in [0.15, 0.2) is 0 Å². The van der Waals surface area contributed by atoms with E-state index in [-0.39, 0.29) is 6.16 Å². The second-order valence-corrected chi connectivity index (χ2v) is 2.54. The fourth-order valence-electron chi connectivity index (χ4n) is 0.380. The molecule has 0 fully saturated rings.